The van der Waals surface area contributed by atoms with E-state index in [1.54, 1.807) is 29.8 Å². The third-order valence-electron chi connectivity index (χ3n) is 5.17. The summed E-state index contributed by atoms with van der Waals surface area (Å²) < 4.78 is 35.2. The smallest absolute Gasteiger partial charge is 0.303 e. The van der Waals surface area contributed by atoms with Crippen LogP contribution in [0.1, 0.15) is 17.7 Å². The average molecular weight is 439 g/mol. The average Bonchev–Trinajstić information content (AvgIpc) is 3.33. The highest BCUT2D eigenvalue weighted by molar-refractivity contribution is 7.90. The normalized spacial score (nSPS) is 11.7. The predicted molar refractivity (Wildman–Crippen MR) is 115 cm³/mol. The molecule has 4 rings (SSSR count). The molecule has 0 fully saturated rings. The van der Waals surface area contributed by atoms with E-state index in [2.05, 4.69) is 5.10 Å². The molecule has 0 aliphatic carbocycles. The first-order valence-corrected chi connectivity index (χ1v) is 11.0. The molecule has 0 saturated carbocycles. The summed E-state index contributed by atoms with van der Waals surface area (Å²) in [5.41, 5.74) is 2.31. The maximum Gasteiger partial charge on any atom is 0.303 e. The minimum atomic E-state index is -3.98. The Labute approximate surface area is 179 Å². The Bertz CT molecular complexity index is 1370. The highest BCUT2D eigenvalue weighted by atomic mass is 32.2. The summed E-state index contributed by atoms with van der Waals surface area (Å²) in [5.74, 6) is -0.390. The van der Waals surface area contributed by atoms with Crippen LogP contribution in [0.2, 0.25) is 0 Å². The molecular weight excluding hydrogens is 418 g/mol. The molecule has 8 nitrogen and oxygen atoms in total. The van der Waals surface area contributed by atoms with Crippen molar-refractivity contribution in [2.24, 2.45) is 0 Å². The van der Waals surface area contributed by atoms with Gasteiger partial charge in [0.05, 0.1) is 30.2 Å². The number of aromatic nitrogens is 3. The number of carbonyl (C=O) groups is 1. The van der Waals surface area contributed by atoms with Gasteiger partial charge in [-0.05, 0) is 49.2 Å². The second-order valence-electron chi connectivity index (χ2n) is 7.07. The SMILES string of the molecule is COc1ccc2c(c1)c(CCC(=O)O)cn2S(=O)(=O)c1cnn(-c2ccccc2)c1C. The van der Waals surface area contributed by atoms with Crippen LogP contribution in [-0.4, -0.2) is 40.4 Å². The maximum absolute atomic E-state index is 13.6. The Morgan fingerprint density at radius 2 is 1.90 bits per heavy atom. The van der Waals surface area contributed by atoms with E-state index in [9.17, 15) is 13.2 Å². The number of carboxylic acids is 1. The molecule has 0 amide bonds. The number of aliphatic carboxylic acids is 1. The zero-order chi connectivity index (χ0) is 22.2. The summed E-state index contributed by atoms with van der Waals surface area (Å²) in [5, 5.41) is 14.0. The van der Waals surface area contributed by atoms with E-state index in [4.69, 9.17) is 9.84 Å². The lowest BCUT2D eigenvalue weighted by Gasteiger charge is -2.09. The van der Waals surface area contributed by atoms with Crippen molar-refractivity contribution in [2.45, 2.75) is 24.7 Å². The van der Waals surface area contributed by atoms with Crippen LogP contribution in [0, 0.1) is 6.92 Å². The van der Waals surface area contributed by atoms with Gasteiger partial charge in [-0.3, -0.25) is 4.79 Å². The van der Waals surface area contributed by atoms with Crippen LogP contribution >= 0.6 is 0 Å². The number of benzene rings is 2. The minimum Gasteiger partial charge on any atom is -0.497 e. The molecule has 0 aliphatic rings. The van der Waals surface area contributed by atoms with Crippen molar-refractivity contribution in [3.05, 3.63) is 72.2 Å². The first-order chi connectivity index (χ1) is 14.8. The third kappa shape index (κ3) is 3.68. The number of rotatable bonds is 7. The van der Waals surface area contributed by atoms with E-state index in [-0.39, 0.29) is 17.7 Å². The molecule has 0 unspecified atom stereocenters. The summed E-state index contributed by atoms with van der Waals surface area (Å²) in [6, 6.07) is 14.3. The van der Waals surface area contributed by atoms with Crippen LogP contribution in [0.4, 0.5) is 0 Å². The maximum atomic E-state index is 13.6. The number of methoxy groups -OCH3 is 1. The number of ether oxygens (including phenoxy) is 1. The van der Waals surface area contributed by atoms with Gasteiger partial charge in [-0.25, -0.2) is 17.1 Å². The number of nitrogens with zero attached hydrogens (tertiary/aromatic N) is 3. The molecule has 1 N–H and O–H groups in total. The topological polar surface area (TPSA) is 103 Å². The minimum absolute atomic E-state index is 0.0776. The van der Waals surface area contributed by atoms with Crippen LogP contribution in [0.3, 0.4) is 0 Å². The monoisotopic (exact) mass is 439 g/mol. The first kappa shape index (κ1) is 20.7. The zero-order valence-electron chi connectivity index (χ0n) is 17.0. The summed E-state index contributed by atoms with van der Waals surface area (Å²) in [6.45, 7) is 1.70. The fraction of sp³-hybridized carbons (Fsp3) is 0.182. The molecule has 4 aromatic rings. The summed E-state index contributed by atoms with van der Waals surface area (Å²) in [7, 11) is -2.45. The van der Waals surface area contributed by atoms with Crippen LogP contribution < -0.4 is 4.74 Å². The van der Waals surface area contributed by atoms with Crippen molar-refractivity contribution in [1.82, 2.24) is 13.8 Å². The van der Waals surface area contributed by atoms with Crippen molar-refractivity contribution < 1.29 is 23.1 Å². The van der Waals surface area contributed by atoms with Crippen LogP contribution in [0.5, 0.6) is 5.75 Å². The Morgan fingerprint density at radius 1 is 1.16 bits per heavy atom. The van der Waals surface area contributed by atoms with Crippen LogP contribution in [-0.2, 0) is 21.2 Å². The molecule has 2 aromatic carbocycles. The first-order valence-electron chi connectivity index (χ1n) is 9.58. The summed E-state index contributed by atoms with van der Waals surface area (Å²) >= 11 is 0. The quantitative estimate of drug-likeness (QED) is 0.473. The van der Waals surface area contributed by atoms with Crippen molar-refractivity contribution in [1.29, 1.82) is 0 Å². The highest BCUT2D eigenvalue weighted by Gasteiger charge is 2.26. The summed E-state index contributed by atoms with van der Waals surface area (Å²) in [4.78, 5) is 11.2. The number of hydrogen-bond acceptors (Lipinski definition) is 5. The van der Waals surface area contributed by atoms with E-state index < -0.39 is 16.0 Å². The molecule has 9 heteroatoms. The van der Waals surface area contributed by atoms with Crippen molar-refractivity contribution in [3.63, 3.8) is 0 Å². The molecule has 31 heavy (non-hydrogen) atoms. The lowest BCUT2D eigenvalue weighted by atomic mass is 10.1. The van der Waals surface area contributed by atoms with E-state index in [1.807, 2.05) is 30.3 Å². The fourth-order valence-corrected chi connectivity index (χ4v) is 5.13. The van der Waals surface area contributed by atoms with Gasteiger partial charge in [-0.15, -0.1) is 0 Å². The van der Waals surface area contributed by atoms with Gasteiger partial charge >= 0.3 is 5.97 Å². The van der Waals surface area contributed by atoms with Gasteiger partial charge in [0.2, 0.25) is 0 Å². The molecule has 0 bridgehead atoms. The van der Waals surface area contributed by atoms with Crippen LogP contribution in [0.15, 0.2) is 65.8 Å². The largest absolute Gasteiger partial charge is 0.497 e. The van der Waals surface area contributed by atoms with Crippen molar-refractivity contribution in [2.75, 3.05) is 7.11 Å². The molecule has 0 radical (unpaired) electrons. The molecule has 0 atom stereocenters. The number of hydrogen-bond donors (Lipinski definition) is 1. The Balaban J connectivity index is 1.86. The van der Waals surface area contributed by atoms with E-state index in [1.165, 1.54) is 23.5 Å². The third-order valence-corrected chi connectivity index (χ3v) is 6.95. The van der Waals surface area contributed by atoms with Gasteiger partial charge in [0.1, 0.15) is 10.6 Å². The van der Waals surface area contributed by atoms with Crippen LogP contribution in [0.25, 0.3) is 16.6 Å². The molecule has 2 aromatic heterocycles. The molecule has 0 aliphatic heterocycles. The Hall–Kier alpha value is -3.59. The molecular formula is C22H21N3O5S. The van der Waals surface area contributed by atoms with Gasteiger partial charge in [0.25, 0.3) is 10.0 Å². The highest BCUT2D eigenvalue weighted by Crippen LogP contribution is 2.31. The lowest BCUT2D eigenvalue weighted by molar-refractivity contribution is -0.136. The van der Waals surface area contributed by atoms with Crippen molar-refractivity contribution in [3.8, 4) is 11.4 Å². The van der Waals surface area contributed by atoms with Gasteiger partial charge in [0, 0.05) is 18.0 Å². The molecule has 0 spiro atoms. The van der Waals surface area contributed by atoms with Gasteiger partial charge in [-0.1, -0.05) is 18.2 Å². The Kier molecular flexibility index (Phi) is 5.28. The molecule has 2 heterocycles. The van der Waals surface area contributed by atoms with E-state index in [0.29, 0.717) is 27.9 Å². The number of para-hydroxylation sites is 1. The number of fused-ring (bicyclic) bond motifs is 1. The second-order valence-corrected chi connectivity index (χ2v) is 8.86. The number of aryl methyl sites for hydroxylation is 1. The second kappa shape index (κ2) is 7.92. The lowest BCUT2D eigenvalue weighted by Crippen LogP contribution is -2.13. The number of carboxylic acid groups (broad SMARTS) is 1. The summed E-state index contributed by atoms with van der Waals surface area (Å²) in [6.07, 6.45) is 2.91. The standard InChI is InChI=1S/C22H21N3O5S/c1-15-21(13-23-25(15)17-6-4-3-5-7-17)31(28,29)24-14-16(8-11-22(26)27)19-12-18(30-2)9-10-20(19)24/h3-7,9-10,12-14H,8,11H2,1-2H3,(H,26,27). The Morgan fingerprint density at radius 3 is 2.58 bits per heavy atom. The van der Waals surface area contributed by atoms with E-state index >= 15 is 0 Å². The van der Waals surface area contributed by atoms with Gasteiger partial charge in [-0.2, -0.15) is 5.10 Å². The zero-order valence-corrected chi connectivity index (χ0v) is 17.8. The van der Waals surface area contributed by atoms with Crippen molar-refractivity contribution >= 4 is 26.9 Å². The molecule has 0 saturated heterocycles. The molecule has 160 valence electrons. The van der Waals surface area contributed by atoms with E-state index in [0.717, 1.165) is 5.69 Å². The predicted octanol–water partition coefficient (Wildman–Crippen LogP) is 3.40. The fourth-order valence-electron chi connectivity index (χ4n) is 3.60. The van der Waals surface area contributed by atoms with Gasteiger partial charge < -0.3 is 9.84 Å². The van der Waals surface area contributed by atoms with Gasteiger partial charge in [0.15, 0.2) is 0 Å².